The molecule has 0 atom stereocenters. The topological polar surface area (TPSA) is 51.1 Å². The number of aromatic nitrogens is 1. The Hall–Kier alpha value is -2.95. The van der Waals surface area contributed by atoms with E-state index in [1.54, 1.807) is 36.4 Å². The molecule has 0 radical (unpaired) electrons. The molecule has 24 heavy (non-hydrogen) atoms. The van der Waals surface area contributed by atoms with Crippen LogP contribution in [-0.4, -0.2) is 10.5 Å². The standard InChI is InChI=1S/C19H17FN2O2/c1-3-22-12(2)10-18(23)14-11-13(8-9-17(14)22)19(24)21-16-7-5-4-6-15(16)20/h4-11H,3H2,1-2H3,(H,21,24). The normalized spacial score (nSPS) is 10.8. The maximum absolute atomic E-state index is 13.7. The minimum absolute atomic E-state index is 0.109. The molecule has 0 unspecified atom stereocenters. The summed E-state index contributed by atoms with van der Waals surface area (Å²) in [4.78, 5) is 24.6. The van der Waals surface area contributed by atoms with Crippen molar-refractivity contribution >= 4 is 22.5 Å². The van der Waals surface area contributed by atoms with Crippen LogP contribution in [0, 0.1) is 12.7 Å². The van der Waals surface area contributed by atoms with E-state index in [1.807, 2.05) is 18.4 Å². The highest BCUT2D eigenvalue weighted by Gasteiger charge is 2.12. The molecule has 0 saturated carbocycles. The zero-order chi connectivity index (χ0) is 17.3. The third kappa shape index (κ3) is 2.80. The van der Waals surface area contributed by atoms with Crippen LogP contribution in [0.5, 0.6) is 0 Å². The lowest BCUT2D eigenvalue weighted by atomic mass is 10.1. The summed E-state index contributed by atoms with van der Waals surface area (Å²) in [5.74, 6) is -0.958. The average molecular weight is 324 g/mol. The second kappa shape index (κ2) is 6.28. The van der Waals surface area contributed by atoms with Gasteiger partial charge in [-0.25, -0.2) is 4.39 Å². The van der Waals surface area contributed by atoms with E-state index in [0.29, 0.717) is 10.9 Å². The number of fused-ring (bicyclic) bond motifs is 1. The number of carbonyl (C=O) groups excluding carboxylic acids is 1. The van der Waals surface area contributed by atoms with Crippen LogP contribution in [0.3, 0.4) is 0 Å². The van der Waals surface area contributed by atoms with Crippen LogP contribution in [-0.2, 0) is 6.54 Å². The average Bonchev–Trinajstić information content (AvgIpc) is 2.57. The lowest BCUT2D eigenvalue weighted by Crippen LogP contribution is -2.15. The first-order chi connectivity index (χ1) is 11.5. The predicted molar refractivity (Wildman–Crippen MR) is 93.0 cm³/mol. The number of anilines is 1. The SMILES string of the molecule is CCn1c(C)cc(=O)c2cc(C(=O)Nc3ccccc3F)ccc21. The molecule has 3 rings (SSSR count). The van der Waals surface area contributed by atoms with Crippen LogP contribution in [0.1, 0.15) is 23.0 Å². The fourth-order valence-electron chi connectivity index (χ4n) is 2.82. The first kappa shape index (κ1) is 15.9. The largest absolute Gasteiger partial charge is 0.345 e. The quantitative estimate of drug-likeness (QED) is 0.798. The van der Waals surface area contributed by atoms with E-state index < -0.39 is 11.7 Å². The summed E-state index contributed by atoms with van der Waals surface area (Å²) in [5, 5.41) is 3.00. The summed E-state index contributed by atoms with van der Waals surface area (Å²) in [6, 6.07) is 12.5. The Morgan fingerprint density at radius 1 is 1.17 bits per heavy atom. The lowest BCUT2D eigenvalue weighted by molar-refractivity contribution is 0.102. The van der Waals surface area contributed by atoms with Gasteiger partial charge in [-0.3, -0.25) is 9.59 Å². The number of nitrogens with one attached hydrogen (secondary N) is 1. The van der Waals surface area contributed by atoms with E-state index >= 15 is 0 Å². The minimum Gasteiger partial charge on any atom is -0.345 e. The number of rotatable bonds is 3. The number of aryl methyl sites for hydroxylation is 2. The minimum atomic E-state index is -0.504. The summed E-state index contributed by atoms with van der Waals surface area (Å²) in [6.45, 7) is 4.60. The number of pyridine rings is 1. The van der Waals surface area contributed by atoms with Gasteiger partial charge in [-0.1, -0.05) is 12.1 Å². The summed E-state index contributed by atoms with van der Waals surface area (Å²) < 4.78 is 15.7. The Balaban J connectivity index is 2.04. The van der Waals surface area contributed by atoms with Gasteiger partial charge in [0.05, 0.1) is 11.2 Å². The van der Waals surface area contributed by atoms with Gasteiger partial charge in [0.25, 0.3) is 5.91 Å². The molecule has 1 heterocycles. The fraction of sp³-hybridized carbons (Fsp3) is 0.158. The van der Waals surface area contributed by atoms with Crippen molar-refractivity contribution in [1.29, 1.82) is 0 Å². The molecule has 122 valence electrons. The van der Waals surface area contributed by atoms with Gasteiger partial charge in [0, 0.05) is 29.3 Å². The molecule has 0 bridgehead atoms. The molecule has 0 aliphatic heterocycles. The monoisotopic (exact) mass is 324 g/mol. The molecule has 3 aromatic rings. The lowest BCUT2D eigenvalue weighted by Gasteiger charge is -2.13. The van der Waals surface area contributed by atoms with Crippen LogP contribution >= 0.6 is 0 Å². The molecule has 0 spiro atoms. The number of halogens is 1. The van der Waals surface area contributed by atoms with Crippen molar-refractivity contribution in [2.45, 2.75) is 20.4 Å². The van der Waals surface area contributed by atoms with E-state index in [2.05, 4.69) is 5.32 Å². The van der Waals surface area contributed by atoms with Gasteiger partial charge in [-0.05, 0) is 44.2 Å². The maximum Gasteiger partial charge on any atom is 0.255 e. The Morgan fingerprint density at radius 2 is 1.92 bits per heavy atom. The van der Waals surface area contributed by atoms with Crippen LogP contribution in [0.25, 0.3) is 10.9 Å². The highest BCUT2D eigenvalue weighted by atomic mass is 19.1. The zero-order valence-corrected chi connectivity index (χ0v) is 13.5. The van der Waals surface area contributed by atoms with Crippen molar-refractivity contribution in [1.82, 2.24) is 4.57 Å². The predicted octanol–water partition coefficient (Wildman–Crippen LogP) is 3.72. The van der Waals surface area contributed by atoms with Crippen molar-refractivity contribution in [3.05, 3.63) is 75.8 Å². The van der Waals surface area contributed by atoms with Crippen LogP contribution in [0.4, 0.5) is 10.1 Å². The molecule has 5 heteroatoms. The molecular weight excluding hydrogens is 307 g/mol. The van der Waals surface area contributed by atoms with E-state index in [9.17, 15) is 14.0 Å². The fourth-order valence-corrected chi connectivity index (χ4v) is 2.82. The smallest absolute Gasteiger partial charge is 0.255 e. The van der Waals surface area contributed by atoms with Gasteiger partial charge in [-0.15, -0.1) is 0 Å². The number of carbonyl (C=O) groups is 1. The second-order valence-electron chi connectivity index (χ2n) is 5.56. The van der Waals surface area contributed by atoms with Gasteiger partial charge in [0.2, 0.25) is 0 Å². The van der Waals surface area contributed by atoms with Crippen LogP contribution in [0.15, 0.2) is 53.3 Å². The molecular formula is C19H17FN2O2. The van der Waals surface area contributed by atoms with E-state index in [1.165, 1.54) is 12.1 Å². The Labute approximate surface area is 138 Å². The van der Waals surface area contributed by atoms with Crippen molar-refractivity contribution in [3.8, 4) is 0 Å². The van der Waals surface area contributed by atoms with Gasteiger partial charge in [0.1, 0.15) is 5.82 Å². The number of hydrogen-bond donors (Lipinski definition) is 1. The number of para-hydroxylation sites is 1. The number of hydrogen-bond acceptors (Lipinski definition) is 2. The number of nitrogens with zero attached hydrogens (tertiary/aromatic N) is 1. The molecule has 0 aliphatic carbocycles. The third-order valence-corrected chi connectivity index (χ3v) is 4.02. The molecule has 1 amide bonds. The van der Waals surface area contributed by atoms with Crippen molar-refractivity contribution < 1.29 is 9.18 Å². The molecule has 0 fully saturated rings. The Kier molecular flexibility index (Phi) is 4.16. The molecule has 0 saturated heterocycles. The van der Waals surface area contributed by atoms with Gasteiger partial charge in [-0.2, -0.15) is 0 Å². The Morgan fingerprint density at radius 3 is 2.62 bits per heavy atom. The highest BCUT2D eigenvalue weighted by Crippen LogP contribution is 2.18. The summed E-state index contributed by atoms with van der Waals surface area (Å²) in [7, 11) is 0. The van der Waals surface area contributed by atoms with Crippen LogP contribution < -0.4 is 10.7 Å². The van der Waals surface area contributed by atoms with Crippen molar-refractivity contribution in [2.75, 3.05) is 5.32 Å². The van der Waals surface area contributed by atoms with Crippen molar-refractivity contribution in [2.24, 2.45) is 0 Å². The molecule has 2 aromatic carbocycles. The Bertz CT molecular complexity index is 992. The van der Waals surface area contributed by atoms with Crippen LogP contribution in [0.2, 0.25) is 0 Å². The summed E-state index contributed by atoms with van der Waals surface area (Å²) in [5.41, 5.74) is 1.95. The molecule has 1 N–H and O–H groups in total. The van der Waals surface area contributed by atoms with Crippen molar-refractivity contribution in [3.63, 3.8) is 0 Å². The maximum atomic E-state index is 13.7. The summed E-state index contributed by atoms with van der Waals surface area (Å²) in [6.07, 6.45) is 0. The van der Waals surface area contributed by atoms with E-state index in [-0.39, 0.29) is 11.1 Å². The second-order valence-corrected chi connectivity index (χ2v) is 5.56. The van der Waals surface area contributed by atoms with E-state index in [0.717, 1.165) is 17.8 Å². The third-order valence-electron chi connectivity index (χ3n) is 4.02. The number of amides is 1. The zero-order valence-electron chi connectivity index (χ0n) is 13.5. The van der Waals surface area contributed by atoms with Gasteiger partial charge in [0.15, 0.2) is 5.43 Å². The summed E-state index contributed by atoms with van der Waals surface area (Å²) >= 11 is 0. The molecule has 0 aliphatic rings. The highest BCUT2D eigenvalue weighted by molar-refractivity contribution is 6.06. The van der Waals surface area contributed by atoms with E-state index in [4.69, 9.17) is 0 Å². The first-order valence-electron chi connectivity index (χ1n) is 7.71. The number of benzene rings is 2. The van der Waals surface area contributed by atoms with Gasteiger partial charge < -0.3 is 9.88 Å². The first-order valence-corrected chi connectivity index (χ1v) is 7.71. The molecule has 4 nitrogen and oxygen atoms in total. The molecule has 1 aromatic heterocycles. The van der Waals surface area contributed by atoms with Gasteiger partial charge >= 0.3 is 0 Å².